The molecule has 1 aromatic carbocycles. The average molecular weight is 247 g/mol. The van der Waals surface area contributed by atoms with Crippen LogP contribution in [0, 0.1) is 5.82 Å². The van der Waals surface area contributed by atoms with Gasteiger partial charge in [0.25, 0.3) is 0 Å². The molecule has 1 N–H and O–H groups in total. The first kappa shape index (κ1) is 10.2. The zero-order valence-electron chi connectivity index (χ0n) is 6.92. The van der Waals surface area contributed by atoms with E-state index in [1.165, 1.54) is 19.1 Å². The second-order valence-corrected chi connectivity index (χ2v) is 3.64. The van der Waals surface area contributed by atoms with Crippen LogP contribution in [-0.4, -0.2) is 11.1 Å². The van der Waals surface area contributed by atoms with Gasteiger partial charge in [0.2, 0.25) is 0 Å². The minimum Gasteiger partial charge on any atom is -0.481 e. The van der Waals surface area contributed by atoms with Crippen molar-refractivity contribution in [3.05, 3.63) is 34.1 Å². The Morgan fingerprint density at radius 3 is 2.69 bits per heavy atom. The van der Waals surface area contributed by atoms with Crippen LogP contribution in [0.25, 0.3) is 0 Å². The molecule has 0 spiro atoms. The van der Waals surface area contributed by atoms with Crippen LogP contribution >= 0.6 is 15.9 Å². The van der Waals surface area contributed by atoms with Crippen molar-refractivity contribution >= 4 is 21.9 Å². The van der Waals surface area contributed by atoms with Crippen LogP contribution in [0.4, 0.5) is 4.39 Å². The minimum atomic E-state index is -1.03. The largest absolute Gasteiger partial charge is 0.481 e. The van der Waals surface area contributed by atoms with Gasteiger partial charge in [-0.25, -0.2) is 4.39 Å². The first-order valence-electron chi connectivity index (χ1n) is 3.70. The normalized spacial score (nSPS) is 12.5. The summed E-state index contributed by atoms with van der Waals surface area (Å²) in [7, 11) is 0. The second-order valence-electron chi connectivity index (χ2n) is 2.73. The molecule has 1 aromatic rings. The molecular formula is C9H8BrFO2. The van der Waals surface area contributed by atoms with Crippen LogP contribution in [0.3, 0.4) is 0 Å². The maximum atomic E-state index is 13.2. The van der Waals surface area contributed by atoms with Gasteiger partial charge in [-0.05, 0) is 19.1 Å². The predicted octanol–water partition coefficient (Wildman–Crippen LogP) is 2.78. The third-order valence-electron chi connectivity index (χ3n) is 1.80. The molecule has 0 aliphatic carbocycles. The summed E-state index contributed by atoms with van der Waals surface area (Å²) < 4.78 is 13.8. The van der Waals surface area contributed by atoms with E-state index in [-0.39, 0.29) is 5.56 Å². The van der Waals surface area contributed by atoms with E-state index in [9.17, 15) is 9.18 Å². The number of carboxylic acids is 1. The van der Waals surface area contributed by atoms with Crippen LogP contribution in [-0.2, 0) is 4.79 Å². The summed E-state index contributed by atoms with van der Waals surface area (Å²) in [5.74, 6) is -2.33. The minimum absolute atomic E-state index is 0.204. The Morgan fingerprint density at radius 2 is 2.23 bits per heavy atom. The number of hydrogen-bond donors (Lipinski definition) is 1. The summed E-state index contributed by atoms with van der Waals surface area (Å²) in [6.45, 7) is 1.45. The number of hydrogen-bond acceptors (Lipinski definition) is 1. The maximum absolute atomic E-state index is 13.2. The predicted molar refractivity (Wildman–Crippen MR) is 50.2 cm³/mol. The Kier molecular flexibility index (Phi) is 3.03. The van der Waals surface area contributed by atoms with Gasteiger partial charge in [-0.1, -0.05) is 22.0 Å². The molecule has 0 fully saturated rings. The van der Waals surface area contributed by atoms with Crippen molar-refractivity contribution in [2.45, 2.75) is 12.8 Å². The molecule has 0 heterocycles. The van der Waals surface area contributed by atoms with Gasteiger partial charge in [0.1, 0.15) is 5.82 Å². The van der Waals surface area contributed by atoms with E-state index in [4.69, 9.17) is 5.11 Å². The molecule has 0 saturated heterocycles. The number of carboxylic acid groups (broad SMARTS) is 1. The van der Waals surface area contributed by atoms with E-state index in [2.05, 4.69) is 15.9 Å². The van der Waals surface area contributed by atoms with Gasteiger partial charge in [0, 0.05) is 10.0 Å². The van der Waals surface area contributed by atoms with E-state index in [1.807, 2.05) is 0 Å². The molecule has 0 radical (unpaired) electrons. The van der Waals surface area contributed by atoms with Crippen molar-refractivity contribution in [3.63, 3.8) is 0 Å². The Bertz CT molecular complexity index is 338. The molecule has 13 heavy (non-hydrogen) atoms. The van der Waals surface area contributed by atoms with Crippen molar-refractivity contribution in [1.29, 1.82) is 0 Å². The van der Waals surface area contributed by atoms with Gasteiger partial charge in [-0.15, -0.1) is 0 Å². The number of carbonyl (C=O) groups is 1. The Labute approximate surface area is 83.5 Å². The smallest absolute Gasteiger partial charge is 0.310 e. The Hall–Kier alpha value is -0.900. The first-order chi connectivity index (χ1) is 6.02. The lowest BCUT2D eigenvalue weighted by Crippen LogP contribution is -2.09. The van der Waals surface area contributed by atoms with Crippen LogP contribution < -0.4 is 0 Å². The van der Waals surface area contributed by atoms with Crippen LogP contribution in [0.5, 0.6) is 0 Å². The highest BCUT2D eigenvalue weighted by Crippen LogP contribution is 2.22. The molecule has 0 bridgehead atoms. The summed E-state index contributed by atoms with van der Waals surface area (Å²) in [5, 5.41) is 8.65. The van der Waals surface area contributed by atoms with E-state index in [1.54, 1.807) is 6.07 Å². The SMILES string of the molecule is CC(C(=O)O)c1ccc(Br)cc1F. The monoisotopic (exact) mass is 246 g/mol. The fourth-order valence-corrected chi connectivity index (χ4v) is 1.32. The molecule has 1 atom stereocenters. The lowest BCUT2D eigenvalue weighted by atomic mass is 10.0. The topological polar surface area (TPSA) is 37.3 Å². The van der Waals surface area contributed by atoms with Crippen LogP contribution in [0.1, 0.15) is 18.4 Å². The van der Waals surface area contributed by atoms with Crippen molar-refractivity contribution in [3.8, 4) is 0 Å². The maximum Gasteiger partial charge on any atom is 0.310 e. The molecule has 0 aromatic heterocycles. The van der Waals surface area contributed by atoms with E-state index >= 15 is 0 Å². The van der Waals surface area contributed by atoms with E-state index in [0.717, 1.165) is 0 Å². The molecule has 1 rings (SSSR count). The summed E-state index contributed by atoms with van der Waals surface area (Å²) in [5.41, 5.74) is 0.204. The van der Waals surface area contributed by atoms with Gasteiger partial charge >= 0.3 is 5.97 Å². The fourth-order valence-electron chi connectivity index (χ4n) is 0.986. The molecule has 4 heteroatoms. The van der Waals surface area contributed by atoms with Gasteiger partial charge in [0.15, 0.2) is 0 Å². The van der Waals surface area contributed by atoms with Gasteiger partial charge in [0.05, 0.1) is 5.92 Å². The molecule has 0 aliphatic heterocycles. The molecule has 0 amide bonds. The number of benzene rings is 1. The summed E-state index contributed by atoms with van der Waals surface area (Å²) in [6, 6.07) is 4.35. The van der Waals surface area contributed by atoms with Crippen molar-refractivity contribution in [2.24, 2.45) is 0 Å². The number of rotatable bonds is 2. The Balaban J connectivity index is 3.08. The first-order valence-corrected chi connectivity index (χ1v) is 4.49. The van der Waals surface area contributed by atoms with Crippen LogP contribution in [0.2, 0.25) is 0 Å². The van der Waals surface area contributed by atoms with Crippen molar-refractivity contribution in [1.82, 2.24) is 0 Å². The molecule has 0 saturated carbocycles. The third kappa shape index (κ3) is 2.28. The average Bonchev–Trinajstić information content (AvgIpc) is 2.03. The highest BCUT2D eigenvalue weighted by Gasteiger charge is 2.17. The van der Waals surface area contributed by atoms with Gasteiger partial charge < -0.3 is 5.11 Å². The molecule has 2 nitrogen and oxygen atoms in total. The second kappa shape index (κ2) is 3.87. The van der Waals surface area contributed by atoms with Gasteiger partial charge in [-0.3, -0.25) is 4.79 Å². The fraction of sp³-hybridized carbons (Fsp3) is 0.222. The summed E-state index contributed by atoms with van der Waals surface area (Å²) in [6.07, 6.45) is 0. The standard InChI is InChI=1S/C9H8BrFO2/c1-5(9(12)13)7-3-2-6(10)4-8(7)11/h2-5H,1H3,(H,12,13). The highest BCUT2D eigenvalue weighted by molar-refractivity contribution is 9.10. The van der Waals surface area contributed by atoms with Crippen molar-refractivity contribution in [2.75, 3.05) is 0 Å². The quantitative estimate of drug-likeness (QED) is 0.872. The van der Waals surface area contributed by atoms with Gasteiger partial charge in [-0.2, -0.15) is 0 Å². The lowest BCUT2D eigenvalue weighted by Gasteiger charge is -2.07. The molecular weight excluding hydrogens is 239 g/mol. The van der Waals surface area contributed by atoms with Crippen molar-refractivity contribution < 1.29 is 14.3 Å². The van der Waals surface area contributed by atoms with E-state index in [0.29, 0.717) is 4.47 Å². The van der Waals surface area contributed by atoms with Crippen LogP contribution in [0.15, 0.2) is 22.7 Å². The molecule has 70 valence electrons. The number of aliphatic carboxylic acids is 1. The van der Waals surface area contributed by atoms with E-state index < -0.39 is 17.7 Å². The third-order valence-corrected chi connectivity index (χ3v) is 2.29. The lowest BCUT2D eigenvalue weighted by molar-refractivity contribution is -0.138. The summed E-state index contributed by atoms with van der Waals surface area (Å²) >= 11 is 3.09. The summed E-state index contributed by atoms with van der Waals surface area (Å²) in [4.78, 5) is 10.6. The zero-order valence-corrected chi connectivity index (χ0v) is 8.51. The zero-order chi connectivity index (χ0) is 10.0. The number of halogens is 2. The Morgan fingerprint density at radius 1 is 1.62 bits per heavy atom. The highest BCUT2D eigenvalue weighted by atomic mass is 79.9. The molecule has 0 aliphatic rings. The molecule has 1 unspecified atom stereocenters.